The van der Waals surface area contributed by atoms with Gasteiger partial charge in [0, 0.05) is 18.8 Å². The first-order valence-electron chi connectivity index (χ1n) is 6.65. The normalized spacial score (nSPS) is 11.9. The molecule has 0 saturated carbocycles. The Morgan fingerprint density at radius 3 is 2.72 bits per heavy atom. The smallest absolute Gasteiger partial charge is 0.0969 e. The minimum atomic E-state index is -0.0474. The van der Waals surface area contributed by atoms with Gasteiger partial charge in [0.1, 0.15) is 0 Å². The van der Waals surface area contributed by atoms with E-state index < -0.39 is 0 Å². The van der Waals surface area contributed by atoms with Crippen molar-refractivity contribution in [3.8, 4) is 6.07 Å². The van der Waals surface area contributed by atoms with Crippen molar-refractivity contribution in [2.45, 2.75) is 33.2 Å². The third-order valence-corrected chi connectivity index (χ3v) is 3.04. The van der Waals surface area contributed by atoms with Gasteiger partial charge in [-0.05, 0) is 44.5 Å². The maximum absolute atomic E-state index is 9.03. The van der Waals surface area contributed by atoms with Crippen molar-refractivity contribution in [1.82, 2.24) is 5.32 Å². The Bertz CT molecular complexity index is 395. The zero-order chi connectivity index (χ0) is 13.4. The molecule has 0 saturated heterocycles. The maximum atomic E-state index is 9.03. The lowest BCUT2D eigenvalue weighted by atomic mass is 10.1. The molecule has 1 atom stereocenters. The lowest BCUT2D eigenvalue weighted by molar-refractivity contribution is 0.576. The third-order valence-electron chi connectivity index (χ3n) is 3.04. The van der Waals surface area contributed by atoms with E-state index in [2.05, 4.69) is 54.4 Å². The Labute approximate surface area is 110 Å². The van der Waals surface area contributed by atoms with Crippen molar-refractivity contribution >= 4 is 5.69 Å². The SMILES string of the molecule is CCNC(C#N)CCN(CC)c1cccc(C)c1. The molecule has 0 fully saturated rings. The summed E-state index contributed by atoms with van der Waals surface area (Å²) in [6, 6.07) is 10.8. The number of nitriles is 1. The molecule has 0 amide bonds. The van der Waals surface area contributed by atoms with Gasteiger partial charge in [-0.3, -0.25) is 0 Å². The van der Waals surface area contributed by atoms with Crippen LogP contribution < -0.4 is 10.2 Å². The van der Waals surface area contributed by atoms with Crippen molar-refractivity contribution in [2.75, 3.05) is 24.5 Å². The van der Waals surface area contributed by atoms with Crippen molar-refractivity contribution in [1.29, 1.82) is 5.26 Å². The highest BCUT2D eigenvalue weighted by atomic mass is 15.1. The third kappa shape index (κ3) is 4.38. The van der Waals surface area contributed by atoms with Gasteiger partial charge in [0.05, 0.1) is 12.1 Å². The summed E-state index contributed by atoms with van der Waals surface area (Å²) in [5.41, 5.74) is 2.51. The van der Waals surface area contributed by atoms with Gasteiger partial charge in [-0.1, -0.05) is 19.1 Å². The first-order chi connectivity index (χ1) is 8.71. The summed E-state index contributed by atoms with van der Waals surface area (Å²) in [5, 5.41) is 12.2. The Kier molecular flexibility index (Phi) is 6.24. The molecule has 0 aliphatic heterocycles. The van der Waals surface area contributed by atoms with Gasteiger partial charge in [0.2, 0.25) is 0 Å². The fourth-order valence-corrected chi connectivity index (χ4v) is 2.04. The molecule has 1 aromatic rings. The van der Waals surface area contributed by atoms with E-state index in [1.165, 1.54) is 11.3 Å². The lowest BCUT2D eigenvalue weighted by Gasteiger charge is -2.24. The van der Waals surface area contributed by atoms with Crippen molar-refractivity contribution in [3.05, 3.63) is 29.8 Å². The van der Waals surface area contributed by atoms with E-state index >= 15 is 0 Å². The fourth-order valence-electron chi connectivity index (χ4n) is 2.04. The topological polar surface area (TPSA) is 39.1 Å². The van der Waals surface area contributed by atoms with Crippen LogP contribution in [0.3, 0.4) is 0 Å². The van der Waals surface area contributed by atoms with E-state index in [9.17, 15) is 0 Å². The number of hydrogen-bond donors (Lipinski definition) is 1. The molecule has 0 radical (unpaired) electrons. The Morgan fingerprint density at radius 1 is 1.39 bits per heavy atom. The van der Waals surface area contributed by atoms with Crippen LogP contribution >= 0.6 is 0 Å². The monoisotopic (exact) mass is 245 g/mol. The second-order valence-corrected chi connectivity index (χ2v) is 4.45. The van der Waals surface area contributed by atoms with Crippen LogP contribution in [0.25, 0.3) is 0 Å². The second kappa shape index (κ2) is 7.73. The van der Waals surface area contributed by atoms with Gasteiger partial charge in [-0.2, -0.15) is 5.26 Å². The highest BCUT2D eigenvalue weighted by Crippen LogP contribution is 2.16. The second-order valence-electron chi connectivity index (χ2n) is 4.45. The first kappa shape index (κ1) is 14.5. The summed E-state index contributed by atoms with van der Waals surface area (Å²) in [5.74, 6) is 0. The molecule has 1 N–H and O–H groups in total. The lowest BCUT2D eigenvalue weighted by Crippen LogP contribution is -2.33. The predicted molar refractivity (Wildman–Crippen MR) is 76.8 cm³/mol. The largest absolute Gasteiger partial charge is 0.372 e. The summed E-state index contributed by atoms with van der Waals surface area (Å²) in [7, 11) is 0. The van der Waals surface area contributed by atoms with Gasteiger partial charge in [0.25, 0.3) is 0 Å². The van der Waals surface area contributed by atoms with Crippen LogP contribution in [0.4, 0.5) is 5.69 Å². The molecular weight excluding hydrogens is 222 g/mol. The minimum absolute atomic E-state index is 0.0474. The molecule has 18 heavy (non-hydrogen) atoms. The van der Waals surface area contributed by atoms with Gasteiger partial charge < -0.3 is 10.2 Å². The number of hydrogen-bond acceptors (Lipinski definition) is 3. The van der Waals surface area contributed by atoms with Gasteiger partial charge in [-0.25, -0.2) is 0 Å². The number of rotatable bonds is 7. The van der Waals surface area contributed by atoms with Crippen LogP contribution in [0.5, 0.6) is 0 Å². The van der Waals surface area contributed by atoms with Gasteiger partial charge in [0.15, 0.2) is 0 Å². The molecule has 1 rings (SSSR count). The van der Waals surface area contributed by atoms with Gasteiger partial charge in [-0.15, -0.1) is 0 Å². The van der Waals surface area contributed by atoms with E-state index in [-0.39, 0.29) is 6.04 Å². The first-order valence-corrected chi connectivity index (χ1v) is 6.65. The fraction of sp³-hybridized carbons (Fsp3) is 0.533. The molecule has 3 heteroatoms. The molecule has 0 aliphatic rings. The van der Waals surface area contributed by atoms with E-state index in [0.29, 0.717) is 0 Å². The molecule has 0 aromatic heterocycles. The molecule has 98 valence electrons. The Morgan fingerprint density at radius 2 is 2.17 bits per heavy atom. The van der Waals surface area contributed by atoms with Crippen LogP contribution in [-0.2, 0) is 0 Å². The van der Waals surface area contributed by atoms with Crippen LogP contribution in [0.15, 0.2) is 24.3 Å². The predicted octanol–water partition coefficient (Wildman–Crippen LogP) is 2.71. The number of benzene rings is 1. The van der Waals surface area contributed by atoms with E-state index in [0.717, 1.165) is 26.1 Å². The molecule has 0 spiro atoms. The van der Waals surface area contributed by atoms with Crippen LogP contribution in [-0.4, -0.2) is 25.7 Å². The molecule has 0 bridgehead atoms. The average molecular weight is 245 g/mol. The number of nitrogens with zero attached hydrogens (tertiary/aromatic N) is 2. The maximum Gasteiger partial charge on any atom is 0.0969 e. The van der Waals surface area contributed by atoms with Crippen molar-refractivity contribution in [2.24, 2.45) is 0 Å². The molecular formula is C15H23N3. The van der Waals surface area contributed by atoms with Crippen LogP contribution in [0, 0.1) is 18.3 Å². The Hall–Kier alpha value is -1.53. The summed E-state index contributed by atoms with van der Waals surface area (Å²) in [6.45, 7) is 9.00. The molecule has 0 heterocycles. The zero-order valence-corrected chi connectivity index (χ0v) is 11.6. The molecule has 1 unspecified atom stereocenters. The summed E-state index contributed by atoms with van der Waals surface area (Å²) in [6.07, 6.45) is 0.853. The van der Waals surface area contributed by atoms with E-state index in [4.69, 9.17) is 5.26 Å². The van der Waals surface area contributed by atoms with E-state index in [1.807, 2.05) is 6.92 Å². The average Bonchev–Trinajstić information content (AvgIpc) is 2.38. The quantitative estimate of drug-likeness (QED) is 0.803. The van der Waals surface area contributed by atoms with E-state index in [1.54, 1.807) is 0 Å². The minimum Gasteiger partial charge on any atom is -0.372 e. The summed E-state index contributed by atoms with van der Waals surface area (Å²) >= 11 is 0. The number of nitrogens with one attached hydrogen (secondary N) is 1. The highest BCUT2D eigenvalue weighted by Gasteiger charge is 2.09. The standard InChI is InChI=1S/C15H23N3/c1-4-17-14(12-16)9-10-18(5-2)15-8-6-7-13(3)11-15/h6-8,11,14,17H,4-5,9-10H2,1-3H3. The number of aryl methyl sites for hydroxylation is 1. The Balaban J connectivity index is 2.60. The molecule has 1 aromatic carbocycles. The summed E-state index contributed by atoms with van der Waals surface area (Å²) < 4.78 is 0. The highest BCUT2D eigenvalue weighted by molar-refractivity contribution is 5.48. The number of anilines is 1. The summed E-state index contributed by atoms with van der Waals surface area (Å²) in [4.78, 5) is 2.31. The molecule has 3 nitrogen and oxygen atoms in total. The van der Waals surface area contributed by atoms with Crippen LogP contribution in [0.1, 0.15) is 25.8 Å². The zero-order valence-electron chi connectivity index (χ0n) is 11.6. The van der Waals surface area contributed by atoms with Crippen molar-refractivity contribution in [3.63, 3.8) is 0 Å². The van der Waals surface area contributed by atoms with Crippen molar-refractivity contribution < 1.29 is 0 Å². The molecule has 0 aliphatic carbocycles. The van der Waals surface area contributed by atoms with Gasteiger partial charge >= 0.3 is 0 Å². The van der Waals surface area contributed by atoms with Crippen LogP contribution in [0.2, 0.25) is 0 Å².